The number of ether oxygens (including phenoxy) is 6. The average Bonchev–Trinajstić information content (AvgIpc) is 3.90. The summed E-state index contributed by atoms with van der Waals surface area (Å²) in [5, 5.41) is 0. The normalized spacial score (nSPS) is 17.7. The van der Waals surface area contributed by atoms with Crippen LogP contribution < -0.4 is 9.47 Å². The Morgan fingerprint density at radius 2 is 1.02 bits per heavy atom. The molecule has 0 saturated carbocycles. The van der Waals surface area contributed by atoms with E-state index in [1.165, 1.54) is 0 Å². The Kier molecular flexibility index (Phi) is 12.7. The molecule has 1 fully saturated rings. The first-order chi connectivity index (χ1) is 28.2. The fourth-order valence-corrected chi connectivity index (χ4v) is 6.63. The molecule has 5 aromatic carbocycles. The molecule has 10 nitrogen and oxygen atoms in total. The van der Waals surface area contributed by atoms with Crippen LogP contribution >= 0.6 is 0 Å². The van der Waals surface area contributed by atoms with Crippen molar-refractivity contribution >= 4 is 0 Å². The Balaban J connectivity index is 1.07. The molecule has 288 valence electrons. The van der Waals surface area contributed by atoms with Crippen LogP contribution in [0.15, 0.2) is 170 Å². The molecule has 8 rings (SSSR count). The van der Waals surface area contributed by atoms with E-state index in [9.17, 15) is 0 Å². The van der Waals surface area contributed by atoms with Crippen LogP contribution in [0, 0.1) is 0 Å². The molecule has 1 aliphatic heterocycles. The minimum absolute atomic E-state index is 0.204. The molecular weight excluding hydrogens is 717 g/mol. The van der Waals surface area contributed by atoms with E-state index in [2.05, 4.69) is 4.98 Å². The smallest absolute Gasteiger partial charge is 0.320 e. The van der Waals surface area contributed by atoms with E-state index in [0.717, 1.165) is 27.8 Å². The zero-order chi connectivity index (χ0) is 38.5. The lowest BCUT2D eigenvalue weighted by molar-refractivity contribution is -0.0916. The summed E-state index contributed by atoms with van der Waals surface area (Å²) in [5.41, 5.74) is 6.38. The summed E-state index contributed by atoms with van der Waals surface area (Å²) in [7, 11) is 0. The van der Waals surface area contributed by atoms with E-state index in [1.807, 2.05) is 162 Å². The van der Waals surface area contributed by atoms with E-state index < -0.39 is 24.5 Å². The summed E-state index contributed by atoms with van der Waals surface area (Å²) in [4.78, 5) is 14.1. The van der Waals surface area contributed by atoms with Gasteiger partial charge < -0.3 is 33.0 Å². The number of nitrogens with zero attached hydrogens (tertiary/aromatic N) is 4. The number of rotatable bonds is 18. The zero-order valence-corrected chi connectivity index (χ0v) is 31.5. The Morgan fingerprint density at radius 1 is 0.526 bits per heavy atom. The van der Waals surface area contributed by atoms with Crippen molar-refractivity contribution in [1.82, 2.24) is 19.5 Å². The summed E-state index contributed by atoms with van der Waals surface area (Å²) >= 11 is 0. The van der Waals surface area contributed by atoms with Crippen LogP contribution in [0.1, 0.15) is 34.0 Å². The third-order valence-electron chi connectivity index (χ3n) is 9.58. The molecule has 0 radical (unpaired) electrons. The zero-order valence-electron chi connectivity index (χ0n) is 31.5. The third-order valence-corrected chi connectivity index (χ3v) is 9.58. The summed E-state index contributed by atoms with van der Waals surface area (Å²) in [6, 6.07) is 50.3. The SMILES string of the molecule is c1ccc(COC[C@H]2O[C@@H](n3cnc(-c4cnc(OCc5ccccc5)nc4OCc4ccccc4)c3)[C@H](OCc3ccccc3)[C@@H]2OCc2ccccc2)cc1. The van der Waals surface area contributed by atoms with Crippen LogP contribution in [-0.2, 0) is 52.0 Å². The van der Waals surface area contributed by atoms with Crippen LogP contribution in [0.25, 0.3) is 11.3 Å². The van der Waals surface area contributed by atoms with E-state index in [0.29, 0.717) is 56.8 Å². The monoisotopic (exact) mass is 760 g/mol. The Labute approximate surface area is 332 Å². The predicted molar refractivity (Wildman–Crippen MR) is 215 cm³/mol. The van der Waals surface area contributed by atoms with Gasteiger partial charge in [0, 0.05) is 12.4 Å². The molecule has 57 heavy (non-hydrogen) atoms. The average molecular weight is 761 g/mol. The summed E-state index contributed by atoms with van der Waals surface area (Å²) < 4.78 is 40.8. The quantitative estimate of drug-likeness (QED) is 0.0850. The van der Waals surface area contributed by atoms with Crippen molar-refractivity contribution in [3.05, 3.63) is 198 Å². The second kappa shape index (κ2) is 19.1. The first-order valence-corrected chi connectivity index (χ1v) is 19.1. The van der Waals surface area contributed by atoms with Crippen LogP contribution in [-0.4, -0.2) is 44.4 Å². The highest BCUT2D eigenvalue weighted by Crippen LogP contribution is 2.37. The molecule has 7 aromatic rings. The van der Waals surface area contributed by atoms with Gasteiger partial charge in [0.25, 0.3) is 0 Å². The van der Waals surface area contributed by atoms with Crippen molar-refractivity contribution in [3.63, 3.8) is 0 Å². The van der Waals surface area contributed by atoms with Gasteiger partial charge >= 0.3 is 6.01 Å². The Bertz CT molecular complexity index is 2240. The van der Waals surface area contributed by atoms with Crippen LogP contribution in [0.2, 0.25) is 0 Å². The minimum atomic E-state index is -0.593. The lowest BCUT2D eigenvalue weighted by Crippen LogP contribution is -2.38. The maximum Gasteiger partial charge on any atom is 0.320 e. The molecule has 1 saturated heterocycles. The predicted octanol–water partition coefficient (Wildman–Crippen LogP) is 8.78. The highest BCUT2D eigenvalue weighted by Gasteiger charge is 2.47. The first kappa shape index (κ1) is 37.7. The number of imidazole rings is 1. The van der Waals surface area contributed by atoms with Crippen molar-refractivity contribution in [3.8, 4) is 23.1 Å². The van der Waals surface area contributed by atoms with E-state index >= 15 is 0 Å². The van der Waals surface area contributed by atoms with E-state index in [4.69, 9.17) is 38.4 Å². The molecule has 10 heteroatoms. The second-order valence-electron chi connectivity index (χ2n) is 13.7. The number of benzene rings is 5. The van der Waals surface area contributed by atoms with E-state index in [1.54, 1.807) is 12.5 Å². The van der Waals surface area contributed by atoms with Gasteiger partial charge in [-0.1, -0.05) is 152 Å². The van der Waals surface area contributed by atoms with Gasteiger partial charge in [-0.15, -0.1) is 0 Å². The fourth-order valence-electron chi connectivity index (χ4n) is 6.63. The Morgan fingerprint density at radius 3 is 1.58 bits per heavy atom. The molecule has 4 atom stereocenters. The van der Waals surface area contributed by atoms with Gasteiger partial charge in [-0.2, -0.15) is 4.98 Å². The van der Waals surface area contributed by atoms with Crippen LogP contribution in [0.4, 0.5) is 0 Å². The lowest BCUT2D eigenvalue weighted by atomic mass is 10.1. The van der Waals surface area contributed by atoms with Gasteiger partial charge in [0.1, 0.15) is 31.5 Å². The van der Waals surface area contributed by atoms with E-state index in [-0.39, 0.29) is 6.01 Å². The van der Waals surface area contributed by atoms with Crippen LogP contribution in [0.3, 0.4) is 0 Å². The Hall–Kier alpha value is -6.17. The summed E-state index contributed by atoms with van der Waals surface area (Å²) in [6.07, 6.45) is 3.32. The molecule has 0 spiro atoms. The van der Waals surface area contributed by atoms with Crippen molar-refractivity contribution < 1.29 is 28.4 Å². The highest BCUT2D eigenvalue weighted by atomic mass is 16.6. The fraction of sp³-hybridized carbons (Fsp3) is 0.213. The second-order valence-corrected chi connectivity index (χ2v) is 13.7. The van der Waals surface area contributed by atoms with Gasteiger partial charge in [-0.05, 0) is 27.8 Å². The topological polar surface area (TPSA) is 99.0 Å². The molecule has 0 amide bonds. The number of hydrogen-bond acceptors (Lipinski definition) is 9. The standard InChI is InChI=1S/C47H44N4O6/c1-6-16-35(17-7-1)28-52-33-42-43(53-29-36-18-8-2-9-19-36)44(54-30-37-20-10-3-11-21-37)46(57-42)51-27-41(49-34-51)40-26-48-47(56-32-39-24-14-5-15-25-39)50-45(40)55-31-38-22-12-4-13-23-38/h1-27,34,42-44,46H,28-33H2/t42-,43-,44-,46-/m1/s1. The van der Waals surface area contributed by atoms with Gasteiger partial charge in [0.15, 0.2) is 6.23 Å². The molecule has 0 bridgehead atoms. The van der Waals surface area contributed by atoms with Gasteiger partial charge in [0.2, 0.25) is 5.88 Å². The maximum atomic E-state index is 6.83. The highest BCUT2D eigenvalue weighted by molar-refractivity contribution is 5.63. The van der Waals surface area contributed by atoms with Crippen molar-refractivity contribution in [2.45, 2.75) is 57.6 Å². The van der Waals surface area contributed by atoms with Crippen molar-refractivity contribution in [2.75, 3.05) is 6.61 Å². The maximum absolute atomic E-state index is 6.83. The molecule has 0 aliphatic carbocycles. The molecule has 1 aliphatic rings. The summed E-state index contributed by atoms with van der Waals surface area (Å²) in [5.74, 6) is 0.350. The molecule has 3 heterocycles. The largest absolute Gasteiger partial charge is 0.472 e. The molecule has 0 unspecified atom stereocenters. The lowest BCUT2D eigenvalue weighted by Gasteiger charge is -2.25. The van der Waals surface area contributed by atoms with Gasteiger partial charge in [-0.3, -0.25) is 0 Å². The summed E-state index contributed by atoms with van der Waals surface area (Å²) in [6.45, 7) is 2.11. The molecular formula is C47H44N4O6. The molecule has 0 N–H and O–H groups in total. The molecule has 2 aromatic heterocycles. The third kappa shape index (κ3) is 10.2. The minimum Gasteiger partial charge on any atom is -0.472 e. The van der Waals surface area contributed by atoms with Gasteiger partial charge in [0.05, 0.1) is 44.0 Å². The van der Waals surface area contributed by atoms with Crippen LogP contribution in [0.5, 0.6) is 11.9 Å². The number of aromatic nitrogens is 4. The van der Waals surface area contributed by atoms with Gasteiger partial charge in [-0.25, -0.2) is 9.97 Å². The van der Waals surface area contributed by atoms with Crippen molar-refractivity contribution in [2.24, 2.45) is 0 Å². The van der Waals surface area contributed by atoms with Crippen molar-refractivity contribution in [1.29, 1.82) is 0 Å². The first-order valence-electron chi connectivity index (χ1n) is 19.1. The number of hydrogen-bond donors (Lipinski definition) is 0.